The molecule has 0 unspecified atom stereocenters. The van der Waals surface area contributed by atoms with Crippen LogP contribution in [0.5, 0.6) is 0 Å². The summed E-state index contributed by atoms with van der Waals surface area (Å²) in [6.07, 6.45) is 1.09. The predicted octanol–water partition coefficient (Wildman–Crippen LogP) is 2.65. The van der Waals surface area contributed by atoms with Crippen molar-refractivity contribution in [2.45, 2.75) is 39.5 Å². The fourth-order valence-corrected chi connectivity index (χ4v) is 1.75. The molecule has 0 saturated carbocycles. The van der Waals surface area contributed by atoms with Crippen LogP contribution in [0.25, 0.3) is 0 Å². The maximum Gasteiger partial charge on any atom is 0.0716 e. The molecule has 0 aliphatic rings. The van der Waals surface area contributed by atoms with Gasteiger partial charge in [0, 0.05) is 19.2 Å². The topological polar surface area (TPSA) is 24.5 Å². The molecule has 0 saturated heterocycles. The van der Waals surface area contributed by atoms with Crippen molar-refractivity contribution < 1.29 is 4.74 Å². The summed E-state index contributed by atoms with van der Waals surface area (Å²) in [5, 5.41) is 3.42. The predicted molar refractivity (Wildman–Crippen MR) is 81.2 cm³/mol. The molecule has 0 aliphatic carbocycles. The molecule has 1 aromatic carbocycles. The first-order chi connectivity index (χ1) is 9.08. The van der Waals surface area contributed by atoms with Crippen LogP contribution < -0.4 is 5.32 Å². The lowest BCUT2D eigenvalue weighted by atomic mass is 10.1. The molecule has 3 heteroatoms. The summed E-state index contributed by atoms with van der Waals surface area (Å²) < 4.78 is 5.67. The molecule has 0 amide bonds. The van der Waals surface area contributed by atoms with E-state index in [-0.39, 0.29) is 0 Å². The van der Waals surface area contributed by atoms with Crippen molar-refractivity contribution in [2.24, 2.45) is 0 Å². The molecule has 1 N–H and O–H groups in total. The number of benzene rings is 1. The van der Waals surface area contributed by atoms with Gasteiger partial charge >= 0.3 is 0 Å². The molecule has 108 valence electrons. The third kappa shape index (κ3) is 7.98. The number of rotatable bonds is 9. The number of hydrogen-bond acceptors (Lipinski definition) is 3. The lowest BCUT2D eigenvalue weighted by Gasteiger charge is -2.10. The molecule has 0 radical (unpaired) electrons. The Balaban J connectivity index is 2.20. The summed E-state index contributed by atoms with van der Waals surface area (Å²) in [4.78, 5) is 2.18. The van der Waals surface area contributed by atoms with Crippen molar-refractivity contribution in [3.63, 3.8) is 0 Å². The summed E-state index contributed by atoms with van der Waals surface area (Å²) in [5.74, 6) is 0. The smallest absolute Gasteiger partial charge is 0.0716 e. The van der Waals surface area contributed by atoms with E-state index in [1.807, 2.05) is 0 Å². The number of nitrogens with zero attached hydrogens (tertiary/aromatic N) is 1. The Morgan fingerprint density at radius 3 is 2.32 bits per heavy atom. The molecule has 3 nitrogen and oxygen atoms in total. The second kappa shape index (κ2) is 9.08. The molecule has 1 aromatic rings. The Labute approximate surface area is 118 Å². The Morgan fingerprint density at radius 1 is 1.11 bits per heavy atom. The highest BCUT2D eigenvalue weighted by molar-refractivity contribution is 5.21. The minimum atomic E-state index is 0.528. The van der Waals surface area contributed by atoms with Gasteiger partial charge in [0.25, 0.3) is 0 Å². The van der Waals surface area contributed by atoms with Crippen molar-refractivity contribution in [2.75, 3.05) is 27.2 Å². The number of hydrogen-bond donors (Lipinski definition) is 1. The summed E-state index contributed by atoms with van der Waals surface area (Å²) in [6, 6.07) is 9.19. The SMILES string of the molecule is CC(C)NCc1ccc(COCCCN(C)C)cc1. The van der Waals surface area contributed by atoms with Gasteiger partial charge in [-0.2, -0.15) is 0 Å². The lowest BCUT2D eigenvalue weighted by Crippen LogP contribution is -2.21. The highest BCUT2D eigenvalue weighted by atomic mass is 16.5. The molecular weight excluding hydrogens is 236 g/mol. The molecule has 0 fully saturated rings. The van der Waals surface area contributed by atoms with Crippen LogP contribution in [0.15, 0.2) is 24.3 Å². The van der Waals surface area contributed by atoms with Crippen LogP contribution in [-0.4, -0.2) is 38.2 Å². The van der Waals surface area contributed by atoms with E-state index in [9.17, 15) is 0 Å². The monoisotopic (exact) mass is 264 g/mol. The average Bonchev–Trinajstić information content (AvgIpc) is 2.37. The molecular formula is C16H28N2O. The van der Waals surface area contributed by atoms with Gasteiger partial charge < -0.3 is 15.0 Å². The van der Waals surface area contributed by atoms with Crippen molar-refractivity contribution in [3.8, 4) is 0 Å². The Hall–Kier alpha value is -0.900. The first-order valence-electron chi connectivity index (χ1n) is 7.11. The largest absolute Gasteiger partial charge is 0.377 e. The normalized spacial score (nSPS) is 11.5. The fourth-order valence-electron chi connectivity index (χ4n) is 1.75. The van der Waals surface area contributed by atoms with Crippen molar-refractivity contribution in [1.29, 1.82) is 0 Å². The van der Waals surface area contributed by atoms with Crippen LogP contribution in [0.4, 0.5) is 0 Å². The second-order valence-electron chi connectivity index (χ2n) is 5.56. The quantitative estimate of drug-likeness (QED) is 0.694. The van der Waals surface area contributed by atoms with Crippen molar-refractivity contribution in [3.05, 3.63) is 35.4 Å². The van der Waals surface area contributed by atoms with Crippen LogP contribution in [0.1, 0.15) is 31.4 Å². The summed E-state index contributed by atoms with van der Waals surface area (Å²) in [5.41, 5.74) is 2.57. The molecule has 19 heavy (non-hydrogen) atoms. The van der Waals surface area contributed by atoms with E-state index in [2.05, 4.69) is 62.4 Å². The van der Waals surface area contributed by atoms with Gasteiger partial charge in [-0.15, -0.1) is 0 Å². The highest BCUT2D eigenvalue weighted by Gasteiger charge is 1.97. The maximum atomic E-state index is 5.67. The minimum absolute atomic E-state index is 0.528. The zero-order valence-corrected chi connectivity index (χ0v) is 12.8. The van der Waals surface area contributed by atoms with Gasteiger partial charge in [0.1, 0.15) is 0 Å². The maximum absolute atomic E-state index is 5.67. The lowest BCUT2D eigenvalue weighted by molar-refractivity contribution is 0.113. The third-order valence-electron chi connectivity index (χ3n) is 2.90. The van der Waals surface area contributed by atoms with Gasteiger partial charge in [-0.25, -0.2) is 0 Å². The average molecular weight is 264 g/mol. The van der Waals surface area contributed by atoms with Gasteiger partial charge in [-0.3, -0.25) is 0 Å². The van der Waals surface area contributed by atoms with Gasteiger partial charge in [0.15, 0.2) is 0 Å². The molecule has 1 rings (SSSR count). The van der Waals surface area contributed by atoms with Gasteiger partial charge in [0.05, 0.1) is 6.61 Å². The van der Waals surface area contributed by atoms with E-state index in [0.29, 0.717) is 12.6 Å². The Kier molecular flexibility index (Phi) is 7.72. The van der Waals surface area contributed by atoms with Crippen molar-refractivity contribution >= 4 is 0 Å². The highest BCUT2D eigenvalue weighted by Crippen LogP contribution is 2.06. The Bertz CT molecular complexity index is 333. The molecule has 0 aromatic heterocycles. The summed E-state index contributed by atoms with van der Waals surface area (Å²) in [7, 11) is 4.17. The first kappa shape index (κ1) is 16.2. The zero-order valence-electron chi connectivity index (χ0n) is 12.8. The van der Waals surface area contributed by atoms with Gasteiger partial charge in [0.2, 0.25) is 0 Å². The molecule has 0 aliphatic heterocycles. The summed E-state index contributed by atoms with van der Waals surface area (Å²) in [6.45, 7) is 7.88. The van der Waals surface area contributed by atoms with E-state index in [1.54, 1.807) is 0 Å². The molecule has 0 spiro atoms. The minimum Gasteiger partial charge on any atom is -0.377 e. The second-order valence-corrected chi connectivity index (χ2v) is 5.56. The van der Waals surface area contributed by atoms with Crippen molar-refractivity contribution in [1.82, 2.24) is 10.2 Å². The van der Waals surface area contributed by atoms with Crippen LogP contribution in [0.3, 0.4) is 0 Å². The zero-order chi connectivity index (χ0) is 14.1. The van der Waals surface area contributed by atoms with E-state index < -0.39 is 0 Å². The first-order valence-corrected chi connectivity index (χ1v) is 7.11. The van der Waals surface area contributed by atoms with E-state index in [0.717, 1.165) is 26.1 Å². The number of ether oxygens (including phenoxy) is 1. The van der Waals surface area contributed by atoms with Crippen LogP contribution >= 0.6 is 0 Å². The van der Waals surface area contributed by atoms with Gasteiger partial charge in [-0.1, -0.05) is 38.1 Å². The molecule has 0 atom stereocenters. The number of nitrogens with one attached hydrogen (secondary N) is 1. The van der Waals surface area contributed by atoms with Crippen LogP contribution in [-0.2, 0) is 17.9 Å². The fraction of sp³-hybridized carbons (Fsp3) is 0.625. The molecule has 0 heterocycles. The van der Waals surface area contributed by atoms with E-state index in [4.69, 9.17) is 4.74 Å². The van der Waals surface area contributed by atoms with Gasteiger partial charge in [-0.05, 0) is 38.2 Å². The third-order valence-corrected chi connectivity index (χ3v) is 2.90. The summed E-state index contributed by atoms with van der Waals surface area (Å²) >= 11 is 0. The van der Waals surface area contributed by atoms with Crippen LogP contribution in [0.2, 0.25) is 0 Å². The standard InChI is InChI=1S/C16H28N2O/c1-14(2)17-12-15-6-8-16(9-7-15)13-19-11-5-10-18(3)4/h6-9,14,17H,5,10-13H2,1-4H3. The van der Waals surface area contributed by atoms with E-state index >= 15 is 0 Å². The molecule has 0 bridgehead atoms. The van der Waals surface area contributed by atoms with Crippen LogP contribution in [0, 0.1) is 0 Å². The van der Waals surface area contributed by atoms with E-state index in [1.165, 1.54) is 11.1 Å². The Morgan fingerprint density at radius 2 is 1.74 bits per heavy atom.